The average Bonchev–Trinajstić information content (AvgIpc) is 3.15. The van der Waals surface area contributed by atoms with E-state index in [4.69, 9.17) is 14.2 Å². The number of carbonyl (C=O) groups is 1. The molecule has 138 valence electrons. The SMILES string of the molecule is COc1ccc(CCC(=O)N2CCC(Oc3ccc(OC)nn3)C2)cc1. The van der Waals surface area contributed by atoms with Crippen LogP contribution < -0.4 is 14.2 Å². The van der Waals surface area contributed by atoms with Gasteiger partial charge in [-0.2, -0.15) is 0 Å². The molecule has 1 aliphatic heterocycles. The van der Waals surface area contributed by atoms with Gasteiger partial charge in [-0.3, -0.25) is 4.79 Å². The molecule has 0 N–H and O–H groups in total. The predicted octanol–water partition coefficient (Wildman–Crippen LogP) is 2.11. The lowest BCUT2D eigenvalue weighted by atomic mass is 10.1. The number of likely N-dealkylation sites (tertiary alicyclic amines) is 1. The molecule has 2 aromatic rings. The summed E-state index contributed by atoms with van der Waals surface area (Å²) in [5.74, 6) is 1.86. The summed E-state index contributed by atoms with van der Waals surface area (Å²) >= 11 is 0. The molecule has 1 aliphatic rings. The molecule has 0 spiro atoms. The zero-order valence-electron chi connectivity index (χ0n) is 15.1. The zero-order chi connectivity index (χ0) is 18.4. The van der Waals surface area contributed by atoms with Crippen molar-refractivity contribution in [1.82, 2.24) is 15.1 Å². The van der Waals surface area contributed by atoms with Gasteiger partial charge in [-0.05, 0) is 24.1 Å². The Kier molecular flexibility index (Phi) is 5.88. The number of nitrogens with zero attached hydrogens (tertiary/aromatic N) is 3. The van der Waals surface area contributed by atoms with Crippen LogP contribution in [0.3, 0.4) is 0 Å². The summed E-state index contributed by atoms with van der Waals surface area (Å²) in [4.78, 5) is 14.3. The highest BCUT2D eigenvalue weighted by atomic mass is 16.5. The maximum absolute atomic E-state index is 12.4. The second kappa shape index (κ2) is 8.51. The Morgan fingerprint density at radius 2 is 1.81 bits per heavy atom. The lowest BCUT2D eigenvalue weighted by Crippen LogP contribution is -2.31. The van der Waals surface area contributed by atoms with Crippen LogP contribution in [-0.2, 0) is 11.2 Å². The van der Waals surface area contributed by atoms with Crippen molar-refractivity contribution in [3.63, 3.8) is 0 Å². The van der Waals surface area contributed by atoms with Gasteiger partial charge in [0.15, 0.2) is 0 Å². The van der Waals surface area contributed by atoms with Crippen molar-refractivity contribution >= 4 is 5.91 Å². The highest BCUT2D eigenvalue weighted by molar-refractivity contribution is 5.76. The van der Waals surface area contributed by atoms with E-state index in [1.807, 2.05) is 29.2 Å². The molecule has 3 rings (SSSR count). The first kappa shape index (κ1) is 18.0. The molecule has 1 aromatic carbocycles. The van der Waals surface area contributed by atoms with E-state index in [1.165, 1.54) is 7.11 Å². The highest BCUT2D eigenvalue weighted by Crippen LogP contribution is 2.19. The van der Waals surface area contributed by atoms with Crippen molar-refractivity contribution in [3.05, 3.63) is 42.0 Å². The molecular formula is C19H23N3O4. The molecule has 0 bridgehead atoms. The minimum absolute atomic E-state index is 0.0531. The number of rotatable bonds is 7. The molecule has 1 unspecified atom stereocenters. The Hall–Kier alpha value is -2.83. The van der Waals surface area contributed by atoms with Crippen LogP contribution >= 0.6 is 0 Å². The summed E-state index contributed by atoms with van der Waals surface area (Å²) in [7, 11) is 3.18. The van der Waals surface area contributed by atoms with Crippen molar-refractivity contribution < 1.29 is 19.0 Å². The Labute approximate surface area is 152 Å². The molecular weight excluding hydrogens is 334 g/mol. The number of hydrogen-bond donors (Lipinski definition) is 0. The number of aromatic nitrogens is 2. The number of benzene rings is 1. The van der Waals surface area contributed by atoms with E-state index in [0.717, 1.165) is 24.2 Å². The van der Waals surface area contributed by atoms with Gasteiger partial charge in [0.05, 0.1) is 20.8 Å². The lowest BCUT2D eigenvalue weighted by Gasteiger charge is -2.17. The van der Waals surface area contributed by atoms with E-state index < -0.39 is 0 Å². The molecule has 1 fully saturated rings. The highest BCUT2D eigenvalue weighted by Gasteiger charge is 2.27. The van der Waals surface area contributed by atoms with Crippen LogP contribution in [-0.4, -0.2) is 54.4 Å². The van der Waals surface area contributed by atoms with E-state index in [0.29, 0.717) is 31.3 Å². The standard InChI is InChI=1S/C19H23N3O4/c1-24-15-6-3-14(4-7-15)5-10-19(23)22-12-11-16(13-22)26-18-9-8-17(25-2)20-21-18/h3-4,6-9,16H,5,10-13H2,1-2H3. The number of methoxy groups -OCH3 is 2. The largest absolute Gasteiger partial charge is 0.497 e. The van der Waals surface area contributed by atoms with Gasteiger partial charge < -0.3 is 19.1 Å². The zero-order valence-corrected chi connectivity index (χ0v) is 15.1. The number of amides is 1. The Morgan fingerprint density at radius 1 is 1.08 bits per heavy atom. The minimum atomic E-state index is -0.0531. The fourth-order valence-corrected chi connectivity index (χ4v) is 2.90. The third-order valence-electron chi connectivity index (χ3n) is 4.40. The van der Waals surface area contributed by atoms with E-state index in [-0.39, 0.29) is 12.0 Å². The number of aryl methyl sites for hydroxylation is 1. The first-order valence-electron chi connectivity index (χ1n) is 8.63. The normalized spacial score (nSPS) is 16.4. The van der Waals surface area contributed by atoms with Crippen LogP contribution in [0.1, 0.15) is 18.4 Å². The van der Waals surface area contributed by atoms with E-state index in [1.54, 1.807) is 19.2 Å². The molecule has 7 nitrogen and oxygen atoms in total. The third-order valence-corrected chi connectivity index (χ3v) is 4.40. The fraction of sp³-hybridized carbons (Fsp3) is 0.421. The molecule has 1 atom stereocenters. The average molecular weight is 357 g/mol. The van der Waals surface area contributed by atoms with Crippen LogP contribution in [0, 0.1) is 0 Å². The summed E-state index contributed by atoms with van der Waals surface area (Å²) < 4.78 is 15.9. The van der Waals surface area contributed by atoms with Gasteiger partial charge in [0.25, 0.3) is 0 Å². The number of ether oxygens (including phenoxy) is 3. The second-order valence-electron chi connectivity index (χ2n) is 6.13. The van der Waals surface area contributed by atoms with E-state index in [2.05, 4.69) is 10.2 Å². The molecule has 0 saturated carbocycles. The Balaban J connectivity index is 1.45. The monoisotopic (exact) mass is 357 g/mol. The van der Waals surface area contributed by atoms with Crippen molar-refractivity contribution in [2.45, 2.75) is 25.4 Å². The maximum atomic E-state index is 12.4. The maximum Gasteiger partial charge on any atom is 0.233 e. The van der Waals surface area contributed by atoms with Crippen LogP contribution in [0.15, 0.2) is 36.4 Å². The predicted molar refractivity (Wildman–Crippen MR) is 95.5 cm³/mol. The first-order chi connectivity index (χ1) is 12.7. The smallest absolute Gasteiger partial charge is 0.233 e. The van der Waals surface area contributed by atoms with Crippen molar-refractivity contribution in [1.29, 1.82) is 0 Å². The van der Waals surface area contributed by atoms with Crippen LogP contribution in [0.4, 0.5) is 0 Å². The molecule has 7 heteroatoms. The van der Waals surface area contributed by atoms with Crippen LogP contribution in [0.2, 0.25) is 0 Å². The van der Waals surface area contributed by atoms with Gasteiger partial charge in [-0.25, -0.2) is 0 Å². The summed E-state index contributed by atoms with van der Waals surface area (Å²) in [6, 6.07) is 11.2. The van der Waals surface area contributed by atoms with Gasteiger partial charge in [-0.15, -0.1) is 10.2 Å². The molecule has 2 heterocycles. The van der Waals surface area contributed by atoms with Crippen molar-refractivity contribution in [2.24, 2.45) is 0 Å². The molecule has 26 heavy (non-hydrogen) atoms. The molecule has 1 saturated heterocycles. The second-order valence-corrected chi connectivity index (χ2v) is 6.13. The lowest BCUT2D eigenvalue weighted by molar-refractivity contribution is -0.130. The number of carbonyl (C=O) groups excluding carboxylic acids is 1. The quantitative estimate of drug-likeness (QED) is 0.756. The van der Waals surface area contributed by atoms with Crippen LogP contribution in [0.5, 0.6) is 17.5 Å². The number of hydrogen-bond acceptors (Lipinski definition) is 6. The minimum Gasteiger partial charge on any atom is -0.497 e. The molecule has 1 aromatic heterocycles. The molecule has 0 radical (unpaired) electrons. The van der Waals surface area contributed by atoms with Gasteiger partial charge in [0.1, 0.15) is 11.9 Å². The summed E-state index contributed by atoms with van der Waals surface area (Å²) in [5, 5.41) is 7.84. The topological polar surface area (TPSA) is 73.8 Å². The molecule has 0 aliphatic carbocycles. The van der Waals surface area contributed by atoms with Gasteiger partial charge in [-0.1, -0.05) is 12.1 Å². The van der Waals surface area contributed by atoms with E-state index >= 15 is 0 Å². The summed E-state index contributed by atoms with van der Waals surface area (Å²) in [6.07, 6.45) is 1.95. The van der Waals surface area contributed by atoms with Gasteiger partial charge >= 0.3 is 0 Å². The van der Waals surface area contributed by atoms with Gasteiger partial charge in [0.2, 0.25) is 17.7 Å². The summed E-state index contributed by atoms with van der Waals surface area (Å²) in [6.45, 7) is 1.28. The molecule has 1 amide bonds. The fourth-order valence-electron chi connectivity index (χ4n) is 2.90. The third kappa shape index (κ3) is 4.62. The van der Waals surface area contributed by atoms with Crippen LogP contribution in [0.25, 0.3) is 0 Å². The Morgan fingerprint density at radius 3 is 2.46 bits per heavy atom. The van der Waals surface area contributed by atoms with E-state index in [9.17, 15) is 4.79 Å². The Bertz CT molecular complexity index is 719. The van der Waals surface area contributed by atoms with Crippen molar-refractivity contribution in [2.75, 3.05) is 27.3 Å². The summed E-state index contributed by atoms with van der Waals surface area (Å²) in [5.41, 5.74) is 1.12. The van der Waals surface area contributed by atoms with Gasteiger partial charge in [0, 0.05) is 31.5 Å². The first-order valence-corrected chi connectivity index (χ1v) is 8.63. The van der Waals surface area contributed by atoms with Crippen molar-refractivity contribution in [3.8, 4) is 17.5 Å².